The molecule has 3 rings (SSSR count). The van der Waals surface area contributed by atoms with Gasteiger partial charge in [0.25, 0.3) is 0 Å². The van der Waals surface area contributed by atoms with Gasteiger partial charge in [-0.05, 0) is 31.7 Å². The van der Waals surface area contributed by atoms with Gasteiger partial charge in [0.15, 0.2) is 0 Å². The quantitative estimate of drug-likeness (QED) is 0.874. The van der Waals surface area contributed by atoms with Gasteiger partial charge in [-0.3, -0.25) is 4.79 Å². The lowest BCUT2D eigenvalue weighted by molar-refractivity contribution is -0.117. The molecular formula is C15H20N2O2. The first-order chi connectivity index (χ1) is 9.24. The molecule has 1 aromatic carbocycles. The van der Waals surface area contributed by atoms with Crippen LogP contribution in [0.2, 0.25) is 0 Å². The lowest BCUT2D eigenvalue weighted by Gasteiger charge is -2.23. The van der Waals surface area contributed by atoms with E-state index in [2.05, 4.69) is 23.6 Å². The molecule has 19 heavy (non-hydrogen) atoms. The summed E-state index contributed by atoms with van der Waals surface area (Å²) in [6.07, 6.45) is 2.31. The molecule has 0 saturated carbocycles. The lowest BCUT2D eigenvalue weighted by Crippen LogP contribution is -2.34. The third kappa shape index (κ3) is 2.65. The van der Waals surface area contributed by atoms with E-state index in [-0.39, 0.29) is 11.9 Å². The topological polar surface area (TPSA) is 50.4 Å². The highest BCUT2D eigenvalue weighted by atomic mass is 16.5. The summed E-state index contributed by atoms with van der Waals surface area (Å²) in [4.78, 5) is 12.0. The van der Waals surface area contributed by atoms with Crippen LogP contribution in [0.15, 0.2) is 18.2 Å². The molecule has 0 aliphatic carbocycles. The number of ether oxygens (including phenoxy) is 1. The fourth-order valence-electron chi connectivity index (χ4n) is 2.84. The van der Waals surface area contributed by atoms with Gasteiger partial charge in [-0.15, -0.1) is 0 Å². The summed E-state index contributed by atoms with van der Waals surface area (Å²) < 4.78 is 5.47. The first kappa shape index (κ1) is 12.6. The Kier molecular flexibility index (Phi) is 3.53. The predicted octanol–water partition coefficient (Wildman–Crippen LogP) is 2.00. The molecule has 4 nitrogen and oxygen atoms in total. The summed E-state index contributed by atoms with van der Waals surface area (Å²) in [5.74, 6) is 0.577. The molecule has 1 amide bonds. The summed E-state index contributed by atoms with van der Waals surface area (Å²) in [5.41, 5.74) is 3.19. The fourth-order valence-corrected chi connectivity index (χ4v) is 2.84. The van der Waals surface area contributed by atoms with Crippen molar-refractivity contribution in [1.29, 1.82) is 0 Å². The van der Waals surface area contributed by atoms with Crippen molar-refractivity contribution < 1.29 is 9.53 Å². The molecule has 0 spiro atoms. The van der Waals surface area contributed by atoms with Crippen LogP contribution in [0.3, 0.4) is 0 Å². The Balaban J connectivity index is 1.67. The van der Waals surface area contributed by atoms with Crippen molar-refractivity contribution in [3.05, 3.63) is 29.3 Å². The van der Waals surface area contributed by atoms with Gasteiger partial charge >= 0.3 is 0 Å². The van der Waals surface area contributed by atoms with E-state index in [9.17, 15) is 4.79 Å². The van der Waals surface area contributed by atoms with E-state index in [0.29, 0.717) is 5.92 Å². The second kappa shape index (κ2) is 5.31. The molecule has 2 N–H and O–H groups in total. The van der Waals surface area contributed by atoms with Crippen molar-refractivity contribution in [1.82, 2.24) is 5.32 Å². The van der Waals surface area contributed by atoms with E-state index in [1.54, 1.807) is 0 Å². The molecular weight excluding hydrogens is 240 g/mol. The maximum Gasteiger partial charge on any atom is 0.246 e. The minimum atomic E-state index is -0.211. The van der Waals surface area contributed by atoms with Crippen molar-refractivity contribution in [2.75, 3.05) is 25.1 Å². The lowest BCUT2D eigenvalue weighted by atomic mass is 10.0. The SMILES string of the molecule is Cc1ccc2c(c1)C(NCC1CCCOC1)C(=O)N2. The molecule has 1 saturated heterocycles. The molecule has 2 aliphatic rings. The Morgan fingerprint density at radius 1 is 1.47 bits per heavy atom. The van der Waals surface area contributed by atoms with Crippen molar-refractivity contribution in [2.45, 2.75) is 25.8 Å². The maximum absolute atomic E-state index is 12.0. The van der Waals surface area contributed by atoms with E-state index in [1.807, 2.05) is 12.1 Å². The minimum absolute atomic E-state index is 0.0531. The van der Waals surface area contributed by atoms with Crippen LogP contribution in [0.4, 0.5) is 5.69 Å². The van der Waals surface area contributed by atoms with E-state index in [4.69, 9.17) is 4.74 Å². The van der Waals surface area contributed by atoms with Crippen LogP contribution < -0.4 is 10.6 Å². The average molecular weight is 260 g/mol. The zero-order valence-corrected chi connectivity index (χ0v) is 11.2. The Bertz CT molecular complexity index is 481. The van der Waals surface area contributed by atoms with Crippen molar-refractivity contribution >= 4 is 11.6 Å². The molecule has 4 heteroatoms. The first-order valence-electron chi connectivity index (χ1n) is 6.96. The molecule has 2 unspecified atom stereocenters. The average Bonchev–Trinajstić information content (AvgIpc) is 2.73. The van der Waals surface area contributed by atoms with Gasteiger partial charge in [0.05, 0.1) is 6.61 Å². The smallest absolute Gasteiger partial charge is 0.246 e. The van der Waals surface area contributed by atoms with E-state index < -0.39 is 0 Å². The number of carbonyl (C=O) groups is 1. The molecule has 2 heterocycles. The Labute approximate surface area is 113 Å². The van der Waals surface area contributed by atoms with Crippen molar-refractivity contribution in [2.24, 2.45) is 5.92 Å². The maximum atomic E-state index is 12.0. The molecule has 102 valence electrons. The standard InChI is InChI=1S/C15H20N2O2/c1-10-4-5-13-12(7-10)14(15(18)17-13)16-8-11-3-2-6-19-9-11/h4-5,7,11,14,16H,2-3,6,8-9H2,1H3,(H,17,18). The second-order valence-corrected chi connectivity index (χ2v) is 5.50. The zero-order valence-electron chi connectivity index (χ0n) is 11.2. The number of benzene rings is 1. The normalized spacial score (nSPS) is 26.1. The molecule has 0 aromatic heterocycles. The van der Waals surface area contributed by atoms with Gasteiger partial charge in [0.1, 0.15) is 6.04 Å². The van der Waals surface area contributed by atoms with Crippen LogP contribution in [0.25, 0.3) is 0 Å². The predicted molar refractivity (Wildman–Crippen MR) is 74.1 cm³/mol. The van der Waals surface area contributed by atoms with Gasteiger partial charge in [0.2, 0.25) is 5.91 Å². The highest BCUT2D eigenvalue weighted by molar-refractivity contribution is 6.02. The molecule has 1 fully saturated rings. The summed E-state index contributed by atoms with van der Waals surface area (Å²) in [7, 11) is 0. The van der Waals surface area contributed by atoms with Crippen LogP contribution in [0.5, 0.6) is 0 Å². The Morgan fingerprint density at radius 2 is 2.37 bits per heavy atom. The Morgan fingerprint density at radius 3 is 3.16 bits per heavy atom. The van der Waals surface area contributed by atoms with Gasteiger partial charge in [-0.25, -0.2) is 0 Å². The number of hydrogen-bond acceptors (Lipinski definition) is 3. The number of carbonyl (C=O) groups excluding carboxylic acids is 1. The van der Waals surface area contributed by atoms with E-state index in [1.165, 1.54) is 12.0 Å². The number of fused-ring (bicyclic) bond motifs is 1. The van der Waals surface area contributed by atoms with Crippen LogP contribution in [0, 0.1) is 12.8 Å². The largest absolute Gasteiger partial charge is 0.381 e. The number of hydrogen-bond donors (Lipinski definition) is 2. The van der Waals surface area contributed by atoms with Gasteiger partial charge < -0.3 is 15.4 Å². The van der Waals surface area contributed by atoms with E-state index >= 15 is 0 Å². The van der Waals surface area contributed by atoms with Crippen molar-refractivity contribution in [3.8, 4) is 0 Å². The molecule has 0 radical (unpaired) electrons. The van der Waals surface area contributed by atoms with Crippen LogP contribution in [0.1, 0.15) is 30.0 Å². The molecule has 2 aliphatic heterocycles. The van der Waals surface area contributed by atoms with Gasteiger partial charge in [-0.2, -0.15) is 0 Å². The third-order valence-corrected chi connectivity index (χ3v) is 3.90. The number of aryl methyl sites for hydroxylation is 1. The summed E-state index contributed by atoms with van der Waals surface area (Å²) in [6.45, 7) is 4.57. The number of amides is 1. The molecule has 0 bridgehead atoms. The second-order valence-electron chi connectivity index (χ2n) is 5.50. The summed E-state index contributed by atoms with van der Waals surface area (Å²) >= 11 is 0. The van der Waals surface area contributed by atoms with Crippen LogP contribution in [-0.2, 0) is 9.53 Å². The van der Waals surface area contributed by atoms with Crippen LogP contribution >= 0.6 is 0 Å². The number of rotatable bonds is 3. The Hall–Kier alpha value is -1.39. The van der Waals surface area contributed by atoms with Gasteiger partial charge in [-0.1, -0.05) is 17.7 Å². The first-order valence-corrected chi connectivity index (χ1v) is 6.96. The van der Waals surface area contributed by atoms with E-state index in [0.717, 1.165) is 37.4 Å². The molecule has 2 atom stereocenters. The highest BCUT2D eigenvalue weighted by Gasteiger charge is 2.30. The third-order valence-electron chi connectivity index (χ3n) is 3.90. The molecule has 1 aromatic rings. The minimum Gasteiger partial charge on any atom is -0.381 e. The van der Waals surface area contributed by atoms with Crippen molar-refractivity contribution in [3.63, 3.8) is 0 Å². The van der Waals surface area contributed by atoms with Gasteiger partial charge in [0, 0.05) is 24.4 Å². The number of anilines is 1. The van der Waals surface area contributed by atoms with Crippen LogP contribution in [-0.4, -0.2) is 25.7 Å². The zero-order chi connectivity index (χ0) is 13.2. The number of nitrogens with one attached hydrogen (secondary N) is 2. The fraction of sp³-hybridized carbons (Fsp3) is 0.533. The summed E-state index contributed by atoms with van der Waals surface area (Å²) in [5, 5.41) is 6.32. The monoisotopic (exact) mass is 260 g/mol. The summed E-state index contributed by atoms with van der Waals surface area (Å²) in [6, 6.07) is 5.88. The highest BCUT2D eigenvalue weighted by Crippen LogP contribution is 2.31.